The molecule has 0 aromatic rings. The Morgan fingerprint density at radius 2 is 2.18 bits per heavy atom. The van der Waals surface area contributed by atoms with E-state index in [1.54, 1.807) is 0 Å². The third-order valence-electron chi connectivity index (χ3n) is 0.585. The molecule has 0 saturated heterocycles. The van der Waals surface area contributed by atoms with Gasteiger partial charge in [-0.1, -0.05) is 0 Å². The lowest BCUT2D eigenvalue weighted by Crippen LogP contribution is -2.04. The van der Waals surface area contributed by atoms with Gasteiger partial charge < -0.3 is 4.74 Å². The molecule has 0 saturated carbocycles. The molecule has 0 radical (unpaired) electrons. The van der Waals surface area contributed by atoms with Crippen LogP contribution >= 0.6 is 8.03 Å². The van der Waals surface area contributed by atoms with E-state index in [-0.39, 0.29) is 6.61 Å². The van der Waals surface area contributed by atoms with Crippen molar-refractivity contribution < 1.29 is 27.4 Å². The van der Waals surface area contributed by atoms with Crippen LogP contribution in [-0.2, 0) is 13.8 Å². The zero-order valence-electron chi connectivity index (χ0n) is 5.62. The van der Waals surface area contributed by atoms with Gasteiger partial charge in [-0.25, -0.2) is 0 Å². The second-order valence-corrected chi connectivity index (χ2v) is 2.46. The summed E-state index contributed by atoms with van der Waals surface area (Å²) in [5.74, 6) is 0. The van der Waals surface area contributed by atoms with Gasteiger partial charge in [-0.2, -0.15) is 13.6 Å². The van der Waals surface area contributed by atoms with E-state index >= 15 is 0 Å². The highest BCUT2D eigenvalue weighted by Crippen LogP contribution is 2.25. The van der Waals surface area contributed by atoms with E-state index in [1.165, 1.54) is 6.92 Å². The molecule has 0 N–H and O–H groups in total. The number of alkyl halides is 2. The Hall–Kier alpha value is -0.610. The number of halogens is 2. The first-order chi connectivity index (χ1) is 5.07. The maximum Gasteiger partial charge on any atom is 0.636 e. The van der Waals surface area contributed by atoms with Crippen molar-refractivity contribution >= 4 is 13.7 Å². The molecule has 0 rings (SSSR count). The smallest absolute Gasteiger partial charge is 0.361 e. The van der Waals surface area contributed by atoms with E-state index < -0.39 is 20.3 Å². The van der Waals surface area contributed by atoms with Gasteiger partial charge in [0.05, 0.1) is 0 Å². The van der Waals surface area contributed by atoms with Gasteiger partial charge in [0.1, 0.15) is 6.61 Å². The minimum Gasteiger partial charge on any atom is -0.361 e. The number of rotatable bonds is 4. The van der Waals surface area contributed by atoms with Crippen LogP contribution in [0.25, 0.3) is 0 Å². The normalized spacial score (nSPS) is 11.5. The summed E-state index contributed by atoms with van der Waals surface area (Å²) in [5, 5.41) is 0. The second kappa shape index (κ2) is 5.09. The highest BCUT2D eigenvalue weighted by atomic mass is 31.1. The van der Waals surface area contributed by atoms with Crippen LogP contribution in [-0.4, -0.2) is 18.9 Å². The van der Waals surface area contributed by atoms with Crippen LogP contribution in [0.3, 0.4) is 0 Å². The fraction of sp³-hybridized carbons (Fsp3) is 0.750. The molecule has 0 fully saturated rings. The van der Waals surface area contributed by atoms with Gasteiger partial charge >= 0.3 is 20.3 Å². The van der Waals surface area contributed by atoms with E-state index in [0.717, 1.165) is 0 Å². The lowest BCUT2D eigenvalue weighted by Gasteiger charge is -1.91. The summed E-state index contributed by atoms with van der Waals surface area (Å²) < 4.78 is 40.4. The molecule has 1 unspecified atom stereocenters. The maximum atomic E-state index is 11.3. The standard InChI is InChI=1S/C4H6F2O4P/c1-2-9-11(8)4(7)10-3(5)6/h3H,2H2,1H3/q+1. The lowest BCUT2D eigenvalue weighted by atomic mass is 10.9. The van der Waals surface area contributed by atoms with E-state index in [9.17, 15) is 18.1 Å². The van der Waals surface area contributed by atoms with Gasteiger partial charge in [0.15, 0.2) is 0 Å². The molecule has 0 heterocycles. The van der Waals surface area contributed by atoms with E-state index in [1.807, 2.05) is 0 Å². The first-order valence-electron chi connectivity index (χ1n) is 2.66. The number of hydrogen-bond donors (Lipinski definition) is 0. The predicted octanol–water partition coefficient (Wildman–Crippen LogP) is 2.12. The SMILES string of the molecule is CCO[P+](=O)C(=O)OC(F)F. The van der Waals surface area contributed by atoms with Gasteiger partial charge in [0.2, 0.25) is 0 Å². The molecule has 1 atom stereocenters. The summed E-state index contributed by atoms with van der Waals surface area (Å²) >= 11 is 0. The molecule has 0 bridgehead atoms. The van der Waals surface area contributed by atoms with Crippen molar-refractivity contribution in [1.82, 2.24) is 0 Å². The highest BCUT2D eigenvalue weighted by Gasteiger charge is 2.35. The molecule has 0 aromatic heterocycles. The third kappa shape index (κ3) is 4.75. The minimum atomic E-state index is -3.25. The van der Waals surface area contributed by atoms with E-state index in [2.05, 4.69) is 9.26 Å². The van der Waals surface area contributed by atoms with Gasteiger partial charge in [-0.15, -0.1) is 4.52 Å². The van der Waals surface area contributed by atoms with Crippen molar-refractivity contribution in [1.29, 1.82) is 0 Å². The average molecular weight is 187 g/mol. The summed E-state index contributed by atoms with van der Waals surface area (Å²) in [6.45, 7) is -1.77. The van der Waals surface area contributed by atoms with Crippen molar-refractivity contribution in [2.45, 2.75) is 13.5 Å². The molecule has 0 aliphatic carbocycles. The predicted molar refractivity (Wildman–Crippen MR) is 31.7 cm³/mol. The molecule has 7 heteroatoms. The highest BCUT2D eigenvalue weighted by molar-refractivity contribution is 7.58. The summed E-state index contributed by atoms with van der Waals surface area (Å²) in [7, 11) is -2.77. The lowest BCUT2D eigenvalue weighted by molar-refractivity contribution is -0.0732. The van der Waals surface area contributed by atoms with Crippen LogP contribution < -0.4 is 0 Å². The van der Waals surface area contributed by atoms with Crippen molar-refractivity contribution in [3.05, 3.63) is 0 Å². The number of ether oxygens (including phenoxy) is 1. The molecule has 0 aromatic carbocycles. The van der Waals surface area contributed by atoms with E-state index in [0.29, 0.717) is 0 Å². The Morgan fingerprint density at radius 3 is 2.55 bits per heavy atom. The Kier molecular flexibility index (Phi) is 4.81. The van der Waals surface area contributed by atoms with Crippen LogP contribution in [0.4, 0.5) is 13.6 Å². The molecule has 11 heavy (non-hydrogen) atoms. The molecular weight excluding hydrogens is 181 g/mol. The van der Waals surface area contributed by atoms with Gasteiger partial charge in [0.25, 0.3) is 0 Å². The average Bonchev–Trinajstić information content (AvgIpc) is 1.86. The molecule has 0 aliphatic heterocycles. The Labute approximate surface area is 62.3 Å². The molecule has 0 spiro atoms. The third-order valence-corrected chi connectivity index (χ3v) is 1.48. The van der Waals surface area contributed by atoms with Gasteiger partial charge in [0, 0.05) is 0 Å². The molecule has 0 amide bonds. The zero-order valence-corrected chi connectivity index (χ0v) is 6.52. The van der Waals surface area contributed by atoms with Crippen LogP contribution in [0.5, 0.6) is 0 Å². The largest absolute Gasteiger partial charge is 0.636 e. The van der Waals surface area contributed by atoms with Crippen molar-refractivity contribution in [3.8, 4) is 0 Å². The topological polar surface area (TPSA) is 52.6 Å². The van der Waals surface area contributed by atoms with Crippen molar-refractivity contribution in [3.63, 3.8) is 0 Å². The molecule has 64 valence electrons. The number of carbonyl (C=O) groups excluding carboxylic acids is 1. The van der Waals surface area contributed by atoms with Crippen LogP contribution in [0.2, 0.25) is 0 Å². The maximum absolute atomic E-state index is 11.3. The van der Waals surface area contributed by atoms with Crippen LogP contribution in [0, 0.1) is 0 Å². The summed E-state index contributed by atoms with van der Waals surface area (Å²) in [6.07, 6.45) is 0. The molecule has 4 nitrogen and oxygen atoms in total. The monoisotopic (exact) mass is 187 g/mol. The fourth-order valence-electron chi connectivity index (χ4n) is 0.289. The minimum absolute atomic E-state index is 0.00748. The van der Waals surface area contributed by atoms with Crippen molar-refractivity contribution in [2.24, 2.45) is 0 Å². The Bertz CT molecular complexity index is 160. The van der Waals surface area contributed by atoms with E-state index in [4.69, 9.17) is 0 Å². The number of carbonyl (C=O) groups is 1. The quantitative estimate of drug-likeness (QED) is 0.632. The Morgan fingerprint density at radius 1 is 1.64 bits per heavy atom. The summed E-state index contributed by atoms with van der Waals surface area (Å²) in [6, 6.07) is 0. The second-order valence-electron chi connectivity index (χ2n) is 1.32. The molecule has 0 aliphatic rings. The first kappa shape index (κ1) is 10.4. The van der Waals surface area contributed by atoms with Gasteiger partial charge in [-0.05, 0) is 11.5 Å². The molecular formula is C4H6F2O4P+. The Balaban J connectivity index is 3.74. The summed E-state index contributed by atoms with van der Waals surface area (Å²) in [4.78, 5) is 10.2. The van der Waals surface area contributed by atoms with Crippen LogP contribution in [0.1, 0.15) is 6.92 Å². The zero-order chi connectivity index (χ0) is 8.85. The summed E-state index contributed by atoms with van der Waals surface area (Å²) in [5.41, 5.74) is -1.53. The fourth-order valence-corrected chi connectivity index (χ4v) is 0.795. The first-order valence-corrected chi connectivity index (χ1v) is 3.84. The number of hydrogen-bond acceptors (Lipinski definition) is 4. The van der Waals surface area contributed by atoms with Crippen LogP contribution in [0.15, 0.2) is 0 Å². The van der Waals surface area contributed by atoms with Crippen molar-refractivity contribution in [2.75, 3.05) is 6.61 Å². The van der Waals surface area contributed by atoms with Gasteiger partial charge in [-0.3, -0.25) is 0 Å².